The lowest BCUT2D eigenvalue weighted by Gasteiger charge is -2.27. The number of ether oxygens (including phenoxy) is 2. The Morgan fingerprint density at radius 3 is 2.64 bits per heavy atom. The van der Waals surface area contributed by atoms with E-state index in [1.54, 1.807) is 42.6 Å². The van der Waals surface area contributed by atoms with Gasteiger partial charge in [0.1, 0.15) is 23.3 Å². The first kappa shape index (κ1) is 16.1. The van der Waals surface area contributed by atoms with Crippen molar-refractivity contribution in [3.05, 3.63) is 91.0 Å². The summed E-state index contributed by atoms with van der Waals surface area (Å²) in [4.78, 5) is 18.7. The van der Waals surface area contributed by atoms with Gasteiger partial charge in [-0.05, 0) is 36.4 Å². The topological polar surface area (TPSA) is 64.8 Å². The normalized spacial score (nSPS) is 12.9. The molecule has 1 aliphatic rings. The highest BCUT2D eigenvalue weighted by atomic mass is 16.6. The van der Waals surface area contributed by atoms with E-state index in [0.29, 0.717) is 34.4 Å². The molecule has 28 heavy (non-hydrogen) atoms. The molecule has 0 saturated carbocycles. The lowest BCUT2D eigenvalue weighted by Crippen LogP contribution is -2.35. The maximum Gasteiger partial charge on any atom is 0.425 e. The number of benzene rings is 2. The van der Waals surface area contributed by atoms with E-state index in [2.05, 4.69) is 4.98 Å². The van der Waals surface area contributed by atoms with Crippen LogP contribution < -0.4 is 14.4 Å². The maximum atomic E-state index is 13.1. The van der Waals surface area contributed by atoms with Gasteiger partial charge in [-0.2, -0.15) is 0 Å². The van der Waals surface area contributed by atoms with Crippen molar-refractivity contribution in [3.63, 3.8) is 0 Å². The zero-order valence-electron chi connectivity index (χ0n) is 14.6. The summed E-state index contributed by atoms with van der Waals surface area (Å²) in [5.41, 5.74) is 1.12. The molecule has 0 spiro atoms. The molecule has 0 N–H and O–H groups in total. The van der Waals surface area contributed by atoms with E-state index in [4.69, 9.17) is 13.9 Å². The van der Waals surface area contributed by atoms with Gasteiger partial charge in [-0.1, -0.05) is 36.4 Å². The van der Waals surface area contributed by atoms with Crippen LogP contribution in [0.1, 0.15) is 5.76 Å². The van der Waals surface area contributed by atoms with Crippen molar-refractivity contribution >= 4 is 28.6 Å². The summed E-state index contributed by atoms with van der Waals surface area (Å²) >= 11 is 0. The summed E-state index contributed by atoms with van der Waals surface area (Å²) in [6.07, 6.45) is 2.45. The second-order valence-electron chi connectivity index (χ2n) is 6.11. The molecule has 0 atom stereocenters. The van der Waals surface area contributed by atoms with Crippen molar-refractivity contribution in [1.29, 1.82) is 0 Å². The SMILES string of the molecule is O=C(Oc1ccccc1)N1C(c2cc3ccccc3o2)=COc2cccnc21. The second kappa shape index (κ2) is 6.59. The number of hydrogen-bond donors (Lipinski definition) is 0. The molecule has 4 aromatic rings. The molecule has 2 aromatic carbocycles. The van der Waals surface area contributed by atoms with Crippen LogP contribution in [0.5, 0.6) is 11.5 Å². The third kappa shape index (κ3) is 2.77. The van der Waals surface area contributed by atoms with Gasteiger partial charge in [0.2, 0.25) is 0 Å². The van der Waals surface area contributed by atoms with Crippen molar-refractivity contribution in [2.75, 3.05) is 4.90 Å². The Bertz CT molecular complexity index is 1160. The Kier molecular flexibility index (Phi) is 3.80. The lowest BCUT2D eigenvalue weighted by atomic mass is 10.2. The Morgan fingerprint density at radius 2 is 1.79 bits per heavy atom. The van der Waals surface area contributed by atoms with Crippen LogP contribution in [-0.4, -0.2) is 11.1 Å². The van der Waals surface area contributed by atoms with Gasteiger partial charge >= 0.3 is 6.09 Å². The quantitative estimate of drug-likeness (QED) is 0.484. The average molecular weight is 370 g/mol. The number of amides is 1. The molecule has 3 heterocycles. The number of anilines is 1. The Balaban J connectivity index is 1.58. The van der Waals surface area contributed by atoms with E-state index in [1.807, 2.05) is 36.4 Å². The molecule has 1 aliphatic heterocycles. The summed E-state index contributed by atoms with van der Waals surface area (Å²) in [7, 11) is 0. The average Bonchev–Trinajstić information content (AvgIpc) is 3.17. The van der Waals surface area contributed by atoms with E-state index in [1.165, 1.54) is 11.2 Å². The van der Waals surface area contributed by atoms with Crippen LogP contribution in [0, 0.1) is 0 Å². The monoisotopic (exact) mass is 370 g/mol. The van der Waals surface area contributed by atoms with E-state index in [0.717, 1.165) is 5.39 Å². The largest absolute Gasteiger partial charge is 0.459 e. The first-order chi connectivity index (χ1) is 13.8. The fourth-order valence-electron chi connectivity index (χ4n) is 3.02. The number of pyridine rings is 1. The standard InChI is InChI=1S/C22H14N2O4/c25-22(27-16-8-2-1-3-9-16)24-17(14-26-19-11-6-12-23-21(19)24)20-13-15-7-4-5-10-18(15)28-20/h1-14H. The molecule has 0 unspecified atom stereocenters. The molecule has 2 aromatic heterocycles. The molecule has 0 radical (unpaired) electrons. The molecule has 1 amide bonds. The van der Waals surface area contributed by atoms with Crippen LogP contribution in [0.2, 0.25) is 0 Å². The maximum absolute atomic E-state index is 13.1. The number of furan rings is 1. The minimum Gasteiger partial charge on any atom is -0.459 e. The molecule has 136 valence electrons. The summed E-state index contributed by atoms with van der Waals surface area (Å²) in [6.45, 7) is 0. The fraction of sp³-hybridized carbons (Fsp3) is 0. The number of para-hydroxylation sites is 2. The van der Waals surface area contributed by atoms with Gasteiger partial charge < -0.3 is 13.9 Å². The van der Waals surface area contributed by atoms with Crippen LogP contribution in [0.3, 0.4) is 0 Å². The number of hydrogen-bond acceptors (Lipinski definition) is 5. The minimum atomic E-state index is -0.610. The Morgan fingerprint density at radius 1 is 0.964 bits per heavy atom. The molecule has 6 nitrogen and oxygen atoms in total. The molecule has 0 aliphatic carbocycles. The van der Waals surface area contributed by atoms with E-state index in [-0.39, 0.29) is 0 Å². The number of rotatable bonds is 2. The molecule has 5 rings (SSSR count). The first-order valence-corrected chi connectivity index (χ1v) is 8.67. The zero-order chi connectivity index (χ0) is 18.9. The van der Waals surface area contributed by atoms with Crippen LogP contribution in [-0.2, 0) is 0 Å². The van der Waals surface area contributed by atoms with Gasteiger partial charge in [-0.3, -0.25) is 0 Å². The molecule has 0 fully saturated rings. The number of carbonyl (C=O) groups excluding carboxylic acids is 1. The van der Waals surface area contributed by atoms with Gasteiger partial charge in [0.15, 0.2) is 17.3 Å². The molecule has 0 saturated heterocycles. The third-order valence-corrected chi connectivity index (χ3v) is 4.31. The van der Waals surface area contributed by atoms with Gasteiger partial charge in [0.25, 0.3) is 0 Å². The summed E-state index contributed by atoms with van der Waals surface area (Å²) in [5.74, 6) is 1.69. The predicted molar refractivity (Wildman–Crippen MR) is 104 cm³/mol. The van der Waals surface area contributed by atoms with Crippen LogP contribution in [0.4, 0.5) is 10.6 Å². The van der Waals surface area contributed by atoms with E-state index >= 15 is 0 Å². The van der Waals surface area contributed by atoms with Crippen molar-refractivity contribution in [2.45, 2.75) is 0 Å². The number of carbonyl (C=O) groups is 1. The highest BCUT2D eigenvalue weighted by molar-refractivity contribution is 6.04. The van der Waals surface area contributed by atoms with E-state index < -0.39 is 6.09 Å². The lowest BCUT2D eigenvalue weighted by molar-refractivity contribution is 0.209. The van der Waals surface area contributed by atoms with Crippen molar-refractivity contribution in [2.24, 2.45) is 0 Å². The number of nitrogens with zero attached hydrogens (tertiary/aromatic N) is 2. The summed E-state index contributed by atoms with van der Waals surface area (Å²) < 4.78 is 17.2. The van der Waals surface area contributed by atoms with E-state index in [9.17, 15) is 4.79 Å². The highest BCUT2D eigenvalue weighted by Gasteiger charge is 2.33. The second-order valence-corrected chi connectivity index (χ2v) is 6.11. The van der Waals surface area contributed by atoms with Gasteiger partial charge in [-0.15, -0.1) is 0 Å². The smallest absolute Gasteiger partial charge is 0.425 e. The number of fused-ring (bicyclic) bond motifs is 2. The van der Waals surface area contributed by atoms with Crippen molar-refractivity contribution in [1.82, 2.24) is 4.98 Å². The summed E-state index contributed by atoms with van der Waals surface area (Å²) in [6, 6.07) is 21.8. The third-order valence-electron chi connectivity index (χ3n) is 4.31. The predicted octanol–water partition coefficient (Wildman–Crippen LogP) is 5.22. The fourth-order valence-corrected chi connectivity index (χ4v) is 3.02. The Hall–Kier alpha value is -4.06. The summed E-state index contributed by atoms with van der Waals surface area (Å²) in [5, 5.41) is 0.918. The van der Waals surface area contributed by atoms with Crippen LogP contribution in [0.15, 0.2) is 89.7 Å². The Labute approximate surface area is 160 Å². The van der Waals surface area contributed by atoms with Gasteiger partial charge in [0, 0.05) is 11.6 Å². The van der Waals surface area contributed by atoms with Crippen molar-refractivity contribution in [3.8, 4) is 11.5 Å². The van der Waals surface area contributed by atoms with Gasteiger partial charge in [-0.25, -0.2) is 14.7 Å². The van der Waals surface area contributed by atoms with Crippen LogP contribution in [0.25, 0.3) is 16.7 Å². The molecule has 6 heteroatoms. The van der Waals surface area contributed by atoms with Crippen LogP contribution >= 0.6 is 0 Å². The number of aromatic nitrogens is 1. The molecular weight excluding hydrogens is 356 g/mol. The highest BCUT2D eigenvalue weighted by Crippen LogP contribution is 2.38. The first-order valence-electron chi connectivity index (χ1n) is 8.67. The molecular formula is C22H14N2O4. The minimum absolute atomic E-state index is 0.335. The zero-order valence-corrected chi connectivity index (χ0v) is 14.6. The van der Waals surface area contributed by atoms with Crippen molar-refractivity contribution < 1.29 is 18.7 Å². The molecule has 0 bridgehead atoms. The van der Waals surface area contributed by atoms with Gasteiger partial charge in [0.05, 0.1) is 0 Å².